The lowest BCUT2D eigenvalue weighted by atomic mass is 10.0. The zero-order valence-electron chi connectivity index (χ0n) is 11.9. The van der Waals surface area contributed by atoms with E-state index < -0.39 is 0 Å². The summed E-state index contributed by atoms with van der Waals surface area (Å²) in [5.41, 5.74) is 10.1. The molecular formula is C15H16N4O2. The minimum Gasteiger partial charge on any atom is -0.494 e. The van der Waals surface area contributed by atoms with Gasteiger partial charge in [-0.3, -0.25) is 5.10 Å². The van der Waals surface area contributed by atoms with Crippen molar-refractivity contribution in [3.05, 3.63) is 36.2 Å². The quantitative estimate of drug-likeness (QED) is 0.768. The number of rotatable bonds is 4. The van der Waals surface area contributed by atoms with Gasteiger partial charge in [-0.25, -0.2) is 0 Å². The van der Waals surface area contributed by atoms with Crippen LogP contribution in [0.2, 0.25) is 0 Å². The molecule has 0 fully saturated rings. The molecule has 6 heteroatoms. The zero-order chi connectivity index (χ0) is 14.8. The summed E-state index contributed by atoms with van der Waals surface area (Å²) in [7, 11) is 0. The zero-order valence-corrected chi connectivity index (χ0v) is 11.9. The van der Waals surface area contributed by atoms with Gasteiger partial charge in [-0.1, -0.05) is 17.3 Å². The van der Waals surface area contributed by atoms with Gasteiger partial charge in [0.05, 0.1) is 18.4 Å². The molecule has 3 N–H and O–H groups in total. The van der Waals surface area contributed by atoms with E-state index in [0.717, 1.165) is 28.1 Å². The Kier molecular flexibility index (Phi) is 3.35. The molecule has 21 heavy (non-hydrogen) atoms. The fourth-order valence-corrected chi connectivity index (χ4v) is 2.24. The van der Waals surface area contributed by atoms with Gasteiger partial charge < -0.3 is 15.0 Å². The molecule has 3 aromatic rings. The molecule has 1 aromatic carbocycles. The van der Waals surface area contributed by atoms with E-state index in [1.807, 2.05) is 38.1 Å². The van der Waals surface area contributed by atoms with E-state index in [-0.39, 0.29) is 5.88 Å². The number of hydrogen-bond donors (Lipinski definition) is 2. The molecule has 0 atom stereocenters. The molecule has 0 aliphatic rings. The van der Waals surface area contributed by atoms with Crippen LogP contribution in [0.1, 0.15) is 12.6 Å². The maximum Gasteiger partial charge on any atom is 0.230 e. The average Bonchev–Trinajstić information content (AvgIpc) is 3.06. The Morgan fingerprint density at radius 1 is 1.29 bits per heavy atom. The maximum atomic E-state index is 5.94. The minimum absolute atomic E-state index is 0.287. The van der Waals surface area contributed by atoms with Crippen molar-refractivity contribution in [2.75, 3.05) is 12.3 Å². The number of H-pyrrole nitrogens is 1. The van der Waals surface area contributed by atoms with Gasteiger partial charge in [-0.05, 0) is 31.5 Å². The highest BCUT2D eigenvalue weighted by molar-refractivity contribution is 5.87. The van der Waals surface area contributed by atoms with Crippen LogP contribution in [0.4, 0.5) is 5.88 Å². The number of aromatic nitrogens is 3. The van der Waals surface area contributed by atoms with E-state index in [9.17, 15) is 0 Å². The van der Waals surface area contributed by atoms with Crippen LogP contribution in [0, 0.1) is 6.92 Å². The summed E-state index contributed by atoms with van der Waals surface area (Å²) < 4.78 is 10.6. The highest BCUT2D eigenvalue weighted by Crippen LogP contribution is 2.37. The maximum absolute atomic E-state index is 5.94. The second kappa shape index (κ2) is 5.32. The first-order chi connectivity index (χ1) is 10.2. The number of aryl methyl sites for hydroxylation is 1. The number of aromatic amines is 1. The van der Waals surface area contributed by atoms with Crippen LogP contribution in [0.3, 0.4) is 0 Å². The standard InChI is InChI=1S/C15H16N4O2/c1-3-20-11-6-4-10(5-7-11)13-14(19-21-15(13)16)12-8-17-18-9(12)2/h4-8H,3,16H2,1-2H3,(H,17,18). The number of nitrogens with two attached hydrogens (primary N) is 1. The van der Waals surface area contributed by atoms with Crippen molar-refractivity contribution in [3.63, 3.8) is 0 Å². The SMILES string of the molecule is CCOc1ccc(-c2c(-c3cn[nH]c3C)noc2N)cc1. The molecule has 0 bridgehead atoms. The second-order valence-corrected chi connectivity index (χ2v) is 4.64. The lowest BCUT2D eigenvalue weighted by molar-refractivity contribution is 0.340. The third-order valence-electron chi connectivity index (χ3n) is 3.26. The number of nitrogen functional groups attached to an aromatic ring is 1. The Morgan fingerprint density at radius 3 is 2.67 bits per heavy atom. The fourth-order valence-electron chi connectivity index (χ4n) is 2.24. The Bertz CT molecular complexity index is 743. The number of ether oxygens (including phenoxy) is 1. The van der Waals surface area contributed by atoms with Crippen LogP contribution in [-0.2, 0) is 0 Å². The van der Waals surface area contributed by atoms with Crippen LogP contribution >= 0.6 is 0 Å². The Balaban J connectivity index is 2.06. The van der Waals surface area contributed by atoms with Gasteiger partial charge in [0, 0.05) is 11.3 Å². The molecule has 2 heterocycles. The summed E-state index contributed by atoms with van der Waals surface area (Å²) in [4.78, 5) is 0. The van der Waals surface area contributed by atoms with Gasteiger partial charge in [-0.2, -0.15) is 5.10 Å². The van der Waals surface area contributed by atoms with Gasteiger partial charge in [0.1, 0.15) is 11.4 Å². The summed E-state index contributed by atoms with van der Waals surface area (Å²) in [6.07, 6.45) is 1.71. The average molecular weight is 284 g/mol. The molecule has 0 aliphatic carbocycles. The first kappa shape index (κ1) is 13.2. The molecule has 0 saturated heterocycles. The van der Waals surface area contributed by atoms with E-state index in [0.29, 0.717) is 12.3 Å². The third-order valence-corrected chi connectivity index (χ3v) is 3.26. The van der Waals surface area contributed by atoms with Gasteiger partial charge in [0.15, 0.2) is 0 Å². The molecule has 2 aromatic heterocycles. The summed E-state index contributed by atoms with van der Waals surface area (Å²) in [5, 5.41) is 11.0. The Labute approximate surface area is 121 Å². The number of benzene rings is 1. The van der Waals surface area contributed by atoms with Crippen LogP contribution in [0.15, 0.2) is 35.0 Å². The third kappa shape index (κ3) is 2.35. The lowest BCUT2D eigenvalue weighted by Crippen LogP contribution is -1.92. The Morgan fingerprint density at radius 2 is 2.05 bits per heavy atom. The first-order valence-corrected chi connectivity index (χ1v) is 6.69. The number of hydrogen-bond acceptors (Lipinski definition) is 5. The number of nitrogens with zero attached hydrogens (tertiary/aromatic N) is 2. The molecule has 0 radical (unpaired) electrons. The van der Waals surface area contributed by atoms with Crippen molar-refractivity contribution in [3.8, 4) is 28.1 Å². The van der Waals surface area contributed by atoms with E-state index in [1.165, 1.54) is 0 Å². The minimum atomic E-state index is 0.287. The molecule has 0 saturated carbocycles. The van der Waals surface area contributed by atoms with Gasteiger partial charge in [-0.15, -0.1) is 0 Å². The Hall–Kier alpha value is -2.76. The second-order valence-electron chi connectivity index (χ2n) is 4.64. The van der Waals surface area contributed by atoms with Crippen molar-refractivity contribution in [1.82, 2.24) is 15.4 Å². The van der Waals surface area contributed by atoms with Gasteiger partial charge in [0.2, 0.25) is 5.88 Å². The smallest absolute Gasteiger partial charge is 0.230 e. The summed E-state index contributed by atoms with van der Waals surface area (Å²) in [5.74, 6) is 1.10. The van der Waals surface area contributed by atoms with E-state index in [4.69, 9.17) is 15.0 Å². The molecule has 0 spiro atoms. The van der Waals surface area contributed by atoms with Crippen LogP contribution < -0.4 is 10.5 Å². The highest BCUT2D eigenvalue weighted by Gasteiger charge is 2.19. The van der Waals surface area contributed by atoms with E-state index in [2.05, 4.69) is 15.4 Å². The predicted octanol–water partition coefficient (Wildman–Crippen LogP) is 3.02. The number of nitrogens with one attached hydrogen (secondary N) is 1. The normalized spacial score (nSPS) is 10.8. The summed E-state index contributed by atoms with van der Waals surface area (Å²) in [6, 6.07) is 7.67. The fraction of sp³-hybridized carbons (Fsp3) is 0.200. The summed E-state index contributed by atoms with van der Waals surface area (Å²) in [6.45, 7) is 4.51. The van der Waals surface area contributed by atoms with E-state index >= 15 is 0 Å². The van der Waals surface area contributed by atoms with Crippen molar-refractivity contribution in [2.24, 2.45) is 0 Å². The first-order valence-electron chi connectivity index (χ1n) is 6.69. The van der Waals surface area contributed by atoms with E-state index in [1.54, 1.807) is 6.20 Å². The van der Waals surface area contributed by atoms with Crippen LogP contribution in [0.25, 0.3) is 22.4 Å². The monoisotopic (exact) mass is 284 g/mol. The van der Waals surface area contributed by atoms with Crippen molar-refractivity contribution in [1.29, 1.82) is 0 Å². The summed E-state index contributed by atoms with van der Waals surface area (Å²) >= 11 is 0. The van der Waals surface area contributed by atoms with Gasteiger partial charge in [0.25, 0.3) is 0 Å². The largest absolute Gasteiger partial charge is 0.494 e. The molecule has 6 nitrogen and oxygen atoms in total. The van der Waals surface area contributed by atoms with Crippen LogP contribution in [0.5, 0.6) is 5.75 Å². The molecule has 0 unspecified atom stereocenters. The van der Waals surface area contributed by atoms with Gasteiger partial charge >= 0.3 is 0 Å². The molecule has 0 amide bonds. The molecule has 3 rings (SSSR count). The van der Waals surface area contributed by atoms with Crippen LogP contribution in [-0.4, -0.2) is 22.0 Å². The predicted molar refractivity (Wildman–Crippen MR) is 79.8 cm³/mol. The molecule has 108 valence electrons. The molecule has 0 aliphatic heterocycles. The number of anilines is 1. The van der Waals surface area contributed by atoms with Crippen molar-refractivity contribution < 1.29 is 9.26 Å². The van der Waals surface area contributed by atoms with Crippen molar-refractivity contribution >= 4 is 5.88 Å². The lowest BCUT2D eigenvalue weighted by Gasteiger charge is -2.05. The molecular weight excluding hydrogens is 268 g/mol. The highest BCUT2D eigenvalue weighted by atomic mass is 16.5. The van der Waals surface area contributed by atoms with Crippen molar-refractivity contribution in [2.45, 2.75) is 13.8 Å². The topological polar surface area (TPSA) is 90.0 Å².